The molecule has 0 saturated heterocycles. The molecule has 4 nitrogen and oxygen atoms in total. The van der Waals surface area contributed by atoms with Gasteiger partial charge in [-0.1, -0.05) is 6.92 Å². The van der Waals surface area contributed by atoms with Crippen LogP contribution in [0.1, 0.15) is 70.0 Å². The molecule has 0 bridgehead atoms. The molecule has 1 amide bonds. The molecule has 0 N–H and O–H groups in total. The van der Waals surface area contributed by atoms with Crippen LogP contribution in [0, 0.1) is 14.7 Å². The van der Waals surface area contributed by atoms with E-state index in [0.29, 0.717) is 16.5 Å². The van der Waals surface area contributed by atoms with Gasteiger partial charge in [0.05, 0.1) is 14.7 Å². The number of halogens is 1. The van der Waals surface area contributed by atoms with E-state index in [4.69, 9.17) is 4.74 Å². The average molecular weight is 477 g/mol. The first kappa shape index (κ1) is 20.7. The van der Waals surface area contributed by atoms with Gasteiger partial charge in [-0.05, 0) is 88.0 Å². The Kier molecular flexibility index (Phi) is 7.31. The van der Waals surface area contributed by atoms with Crippen LogP contribution >= 0.6 is 33.9 Å². The van der Waals surface area contributed by atoms with Gasteiger partial charge in [0.2, 0.25) is 5.91 Å². The molecule has 1 aromatic rings. The molecule has 140 valence electrons. The number of esters is 1. The maximum absolute atomic E-state index is 13.2. The maximum atomic E-state index is 13.2. The topological polar surface area (TPSA) is 46.6 Å². The normalized spacial score (nSPS) is 20.8. The Bertz CT molecular complexity index is 618. The first-order valence-corrected chi connectivity index (χ1v) is 10.9. The Labute approximate surface area is 168 Å². The highest BCUT2D eigenvalue weighted by molar-refractivity contribution is 14.1. The zero-order chi connectivity index (χ0) is 18.7. The van der Waals surface area contributed by atoms with Crippen LogP contribution in [0.5, 0.6) is 0 Å². The monoisotopic (exact) mass is 477 g/mol. The van der Waals surface area contributed by atoms with Crippen LogP contribution in [0.25, 0.3) is 0 Å². The number of ether oxygens (including phenoxy) is 1. The zero-order valence-corrected chi connectivity index (χ0v) is 18.6. The number of anilines is 1. The number of nitrogens with zero attached hydrogens (tertiary/aromatic N) is 1. The van der Waals surface area contributed by atoms with Gasteiger partial charge >= 0.3 is 5.97 Å². The number of carbonyl (C=O) groups excluding carboxylic acids is 2. The summed E-state index contributed by atoms with van der Waals surface area (Å²) < 4.78 is 6.37. The summed E-state index contributed by atoms with van der Waals surface area (Å²) in [6.45, 7) is 9.94. The molecule has 1 aliphatic carbocycles. The van der Waals surface area contributed by atoms with E-state index in [1.54, 1.807) is 0 Å². The van der Waals surface area contributed by atoms with Gasteiger partial charge < -0.3 is 9.64 Å². The lowest BCUT2D eigenvalue weighted by atomic mass is 9.82. The lowest BCUT2D eigenvalue weighted by Crippen LogP contribution is -2.42. The summed E-state index contributed by atoms with van der Waals surface area (Å²) in [4.78, 5) is 28.1. The number of hydrogen-bond donors (Lipinski definition) is 0. The summed E-state index contributed by atoms with van der Waals surface area (Å²) >= 11 is 3.60. The van der Waals surface area contributed by atoms with E-state index < -0.39 is 0 Å². The van der Waals surface area contributed by atoms with Crippen molar-refractivity contribution < 1.29 is 14.3 Å². The molecular formula is C19H28INO3S. The molecule has 1 fully saturated rings. The maximum Gasteiger partial charge on any atom is 0.350 e. The summed E-state index contributed by atoms with van der Waals surface area (Å²) in [5.41, 5.74) is 0.707. The quantitative estimate of drug-likeness (QED) is 0.417. The van der Waals surface area contributed by atoms with Gasteiger partial charge in [0.25, 0.3) is 0 Å². The van der Waals surface area contributed by atoms with Gasteiger partial charge in [-0.3, -0.25) is 4.79 Å². The number of rotatable bonds is 5. The summed E-state index contributed by atoms with van der Waals surface area (Å²) in [6.07, 6.45) is 3.91. The van der Waals surface area contributed by atoms with E-state index in [-0.39, 0.29) is 29.9 Å². The van der Waals surface area contributed by atoms with E-state index >= 15 is 0 Å². The van der Waals surface area contributed by atoms with E-state index in [0.717, 1.165) is 28.6 Å². The van der Waals surface area contributed by atoms with Crippen LogP contribution < -0.4 is 4.90 Å². The van der Waals surface area contributed by atoms with E-state index in [2.05, 4.69) is 29.5 Å². The zero-order valence-electron chi connectivity index (χ0n) is 15.7. The predicted molar refractivity (Wildman–Crippen MR) is 111 cm³/mol. The third-order valence-corrected chi connectivity index (χ3v) is 6.45. The molecule has 6 heteroatoms. The molecule has 2 rings (SSSR count). The Morgan fingerprint density at radius 1 is 1.20 bits per heavy atom. The fourth-order valence-electron chi connectivity index (χ4n) is 3.30. The second-order valence-electron chi connectivity index (χ2n) is 7.48. The molecule has 0 spiro atoms. The first-order chi connectivity index (χ1) is 11.7. The minimum atomic E-state index is -0.339. The van der Waals surface area contributed by atoms with Gasteiger partial charge in [0.1, 0.15) is 4.88 Å². The van der Waals surface area contributed by atoms with Crippen LogP contribution in [0.3, 0.4) is 0 Å². The minimum Gasteiger partial charge on any atom is -0.459 e. The number of hydrogen-bond acceptors (Lipinski definition) is 4. The summed E-state index contributed by atoms with van der Waals surface area (Å²) in [7, 11) is 0. The fourth-order valence-corrected chi connectivity index (χ4v) is 5.01. The molecule has 0 aliphatic heterocycles. The summed E-state index contributed by atoms with van der Waals surface area (Å²) in [5.74, 6) is 0.573. The van der Waals surface area contributed by atoms with Gasteiger partial charge in [0, 0.05) is 12.0 Å². The summed E-state index contributed by atoms with van der Waals surface area (Å²) in [5, 5.41) is 0. The lowest BCUT2D eigenvalue weighted by Gasteiger charge is -2.33. The molecule has 0 atom stereocenters. The third-order valence-electron chi connectivity index (χ3n) is 4.59. The highest BCUT2D eigenvalue weighted by atomic mass is 127. The van der Waals surface area contributed by atoms with Gasteiger partial charge in [0.15, 0.2) is 0 Å². The van der Waals surface area contributed by atoms with Crippen molar-refractivity contribution in [2.24, 2.45) is 11.8 Å². The Hall–Kier alpha value is -0.630. The van der Waals surface area contributed by atoms with Crippen molar-refractivity contribution in [3.63, 3.8) is 0 Å². The van der Waals surface area contributed by atoms with Crippen molar-refractivity contribution in [3.8, 4) is 0 Å². The van der Waals surface area contributed by atoms with Crippen LogP contribution in [0.2, 0.25) is 0 Å². The van der Waals surface area contributed by atoms with Crippen LogP contribution in [0.4, 0.5) is 5.69 Å². The second kappa shape index (κ2) is 8.84. The smallest absolute Gasteiger partial charge is 0.350 e. The van der Waals surface area contributed by atoms with E-state index in [1.165, 1.54) is 11.3 Å². The second-order valence-corrected chi connectivity index (χ2v) is 10.4. The van der Waals surface area contributed by atoms with Crippen LogP contribution in [0.15, 0.2) is 6.07 Å². The van der Waals surface area contributed by atoms with Crippen molar-refractivity contribution in [3.05, 3.63) is 13.8 Å². The van der Waals surface area contributed by atoms with Gasteiger partial charge in [-0.2, -0.15) is 0 Å². The molecule has 1 aromatic heterocycles. The number of thiophene rings is 1. The number of carbonyl (C=O) groups is 2. The van der Waals surface area contributed by atoms with Crippen molar-refractivity contribution in [1.29, 1.82) is 0 Å². The Morgan fingerprint density at radius 2 is 1.80 bits per heavy atom. The molecule has 0 radical (unpaired) electrons. The molecule has 1 heterocycles. The van der Waals surface area contributed by atoms with E-state index in [9.17, 15) is 9.59 Å². The van der Waals surface area contributed by atoms with Gasteiger partial charge in [-0.25, -0.2) is 4.79 Å². The fraction of sp³-hybridized carbons (Fsp3) is 0.684. The van der Waals surface area contributed by atoms with Crippen LogP contribution in [-0.2, 0) is 9.53 Å². The van der Waals surface area contributed by atoms with Crippen LogP contribution in [-0.4, -0.2) is 24.0 Å². The van der Waals surface area contributed by atoms with Crippen molar-refractivity contribution >= 4 is 51.5 Å². The Morgan fingerprint density at radius 3 is 2.32 bits per heavy atom. The van der Waals surface area contributed by atoms with Crippen molar-refractivity contribution in [2.75, 3.05) is 4.90 Å². The van der Waals surface area contributed by atoms with Gasteiger partial charge in [-0.15, -0.1) is 11.3 Å². The predicted octanol–water partition coefficient (Wildman–Crippen LogP) is 5.49. The minimum absolute atomic E-state index is 0.00264. The third kappa shape index (κ3) is 5.18. The van der Waals surface area contributed by atoms with Crippen molar-refractivity contribution in [1.82, 2.24) is 0 Å². The lowest BCUT2D eigenvalue weighted by molar-refractivity contribution is -0.123. The largest absolute Gasteiger partial charge is 0.459 e. The van der Waals surface area contributed by atoms with Crippen molar-refractivity contribution in [2.45, 2.75) is 72.4 Å². The molecular weight excluding hydrogens is 449 g/mol. The number of amides is 1. The SMILES string of the molecule is CC1CCC(C(=O)N(c2cc(I)sc2C(=O)OC(C)C)C(C)C)CC1. The Balaban J connectivity index is 2.31. The molecule has 0 aromatic carbocycles. The molecule has 1 aliphatic rings. The van der Waals surface area contributed by atoms with E-state index in [1.807, 2.05) is 38.7 Å². The highest BCUT2D eigenvalue weighted by Crippen LogP contribution is 2.37. The molecule has 25 heavy (non-hydrogen) atoms. The summed E-state index contributed by atoms with van der Waals surface area (Å²) in [6, 6.07) is 1.94. The molecule has 1 saturated carbocycles. The highest BCUT2D eigenvalue weighted by Gasteiger charge is 2.33. The first-order valence-electron chi connectivity index (χ1n) is 9.04. The standard InChI is InChI=1S/C19H28INO3S/c1-11(2)21(18(22)14-8-6-13(5)7-9-14)15-10-16(20)25-17(15)19(23)24-12(3)4/h10-14H,6-9H2,1-5H3. The molecule has 0 unspecified atom stereocenters. The average Bonchev–Trinajstić information content (AvgIpc) is 2.88.